The van der Waals surface area contributed by atoms with Crippen LogP contribution in [0.3, 0.4) is 0 Å². The number of rotatable bonds is 12. The fourth-order valence-electron chi connectivity index (χ4n) is 6.12. The Labute approximate surface area is 262 Å². The van der Waals surface area contributed by atoms with E-state index in [4.69, 9.17) is 9.98 Å². The Bertz CT molecular complexity index is 1150. The maximum atomic E-state index is 12.0. The Hall–Kier alpha value is -2.73. The number of pyridine rings is 1. The molecule has 2 aliphatic heterocycles. The molecule has 2 N–H and O–H groups in total. The molecule has 2 unspecified atom stereocenters. The first-order chi connectivity index (χ1) is 20.7. The summed E-state index contributed by atoms with van der Waals surface area (Å²) < 4.78 is 0. The van der Waals surface area contributed by atoms with Gasteiger partial charge in [-0.25, -0.2) is 4.98 Å². The van der Waals surface area contributed by atoms with Gasteiger partial charge in [0.25, 0.3) is 0 Å². The number of hydrogen-bond acceptors (Lipinski definition) is 5. The van der Waals surface area contributed by atoms with Gasteiger partial charge in [-0.05, 0) is 80.5 Å². The predicted molar refractivity (Wildman–Crippen MR) is 184 cm³/mol. The predicted octanol–water partition coefficient (Wildman–Crippen LogP) is 8.90. The summed E-state index contributed by atoms with van der Waals surface area (Å²) in [5, 5.41) is 13.3. The Balaban J connectivity index is 0.000000308. The van der Waals surface area contributed by atoms with Crippen LogP contribution in [-0.2, 0) is 17.6 Å². The molecule has 2 aromatic rings. The van der Waals surface area contributed by atoms with Gasteiger partial charge in [0, 0.05) is 36.6 Å². The lowest BCUT2D eigenvalue weighted by Gasteiger charge is -2.41. The topological polar surface area (TPSA) is 77.8 Å². The van der Waals surface area contributed by atoms with Crippen LogP contribution in [0.25, 0.3) is 0 Å². The first-order valence-electron chi connectivity index (χ1n) is 17.0. The van der Waals surface area contributed by atoms with Crippen molar-refractivity contribution in [2.45, 2.75) is 126 Å². The quantitative estimate of drug-likeness (QED) is 0.190. The highest BCUT2D eigenvalue weighted by molar-refractivity contribution is 6.02. The zero-order valence-corrected chi connectivity index (χ0v) is 28.7. The van der Waals surface area contributed by atoms with Gasteiger partial charge in [-0.3, -0.25) is 14.7 Å². The second kappa shape index (κ2) is 18.8. The van der Waals surface area contributed by atoms with E-state index in [-0.39, 0.29) is 6.04 Å². The second-order valence-electron chi connectivity index (χ2n) is 12.4. The van der Waals surface area contributed by atoms with Gasteiger partial charge in [-0.1, -0.05) is 92.0 Å². The van der Waals surface area contributed by atoms with E-state index in [1.165, 1.54) is 49.8 Å². The minimum Gasteiger partial charge on any atom is -0.480 e. The highest BCUT2D eigenvalue weighted by Crippen LogP contribution is 2.33. The fourth-order valence-corrected chi connectivity index (χ4v) is 6.12. The van der Waals surface area contributed by atoms with Crippen LogP contribution in [0.2, 0.25) is 0 Å². The molecular weight excluding hydrogens is 532 g/mol. The van der Waals surface area contributed by atoms with Crippen molar-refractivity contribution in [2.75, 3.05) is 25.0 Å². The largest absolute Gasteiger partial charge is 0.480 e. The molecule has 0 amide bonds. The average Bonchev–Trinajstić information content (AvgIpc) is 2.98. The molecule has 2 aliphatic rings. The number of aliphatic imine (C=N–C) groups is 1. The van der Waals surface area contributed by atoms with Crippen LogP contribution in [0.1, 0.15) is 128 Å². The number of nitrogens with zero attached hydrogens (tertiary/aromatic N) is 3. The second-order valence-corrected chi connectivity index (χ2v) is 12.4. The van der Waals surface area contributed by atoms with Gasteiger partial charge in [0.2, 0.25) is 0 Å². The monoisotopic (exact) mass is 592 g/mol. The van der Waals surface area contributed by atoms with Gasteiger partial charge >= 0.3 is 5.97 Å². The number of anilines is 1. The zero-order valence-electron chi connectivity index (χ0n) is 28.7. The molecule has 2 atom stereocenters. The smallest absolute Gasteiger partial charge is 0.325 e. The van der Waals surface area contributed by atoms with E-state index in [2.05, 4.69) is 57.0 Å². The SMILES string of the molecule is CC.CCC(N=C(C)c1c(C)cccc1C(C(=O)O)N1CC(C)C1)C(C)C.CCCCCCc1ccc2c(n1)NCCC2. The Morgan fingerprint density at radius 1 is 1.12 bits per heavy atom. The summed E-state index contributed by atoms with van der Waals surface area (Å²) in [5.41, 5.74) is 6.58. The molecule has 1 saturated heterocycles. The lowest BCUT2D eigenvalue weighted by atomic mass is 9.89. The number of hydrogen-bond donors (Lipinski definition) is 2. The summed E-state index contributed by atoms with van der Waals surface area (Å²) in [4.78, 5) is 23.7. The van der Waals surface area contributed by atoms with Crippen molar-refractivity contribution in [2.24, 2.45) is 16.8 Å². The molecular formula is C37H60N4O2. The maximum Gasteiger partial charge on any atom is 0.325 e. The third-order valence-electron chi connectivity index (χ3n) is 8.44. The van der Waals surface area contributed by atoms with E-state index >= 15 is 0 Å². The van der Waals surface area contributed by atoms with Crippen LogP contribution in [0.5, 0.6) is 0 Å². The van der Waals surface area contributed by atoms with Crippen molar-refractivity contribution in [3.8, 4) is 0 Å². The number of benzene rings is 1. The summed E-state index contributed by atoms with van der Waals surface area (Å²) in [6, 6.07) is 10.1. The first kappa shape index (κ1) is 36.5. The Kier molecular flexibility index (Phi) is 16.0. The average molecular weight is 593 g/mol. The number of carbonyl (C=O) groups is 1. The number of aryl methyl sites for hydroxylation is 3. The summed E-state index contributed by atoms with van der Waals surface area (Å²) in [6.07, 6.45) is 9.82. The summed E-state index contributed by atoms with van der Waals surface area (Å²) in [5.74, 6) is 1.40. The lowest BCUT2D eigenvalue weighted by Crippen LogP contribution is -2.49. The Morgan fingerprint density at radius 3 is 2.44 bits per heavy atom. The minimum atomic E-state index is -0.776. The van der Waals surface area contributed by atoms with Crippen molar-refractivity contribution >= 4 is 17.5 Å². The molecule has 0 aliphatic carbocycles. The molecule has 0 bridgehead atoms. The fraction of sp³-hybridized carbons (Fsp3) is 0.649. The number of fused-ring (bicyclic) bond motifs is 1. The zero-order chi connectivity index (χ0) is 31.9. The van der Waals surface area contributed by atoms with Crippen LogP contribution < -0.4 is 5.32 Å². The highest BCUT2D eigenvalue weighted by atomic mass is 16.4. The van der Waals surface area contributed by atoms with E-state index in [9.17, 15) is 9.90 Å². The molecule has 1 aromatic carbocycles. The number of nitrogens with one attached hydrogen (secondary N) is 1. The van der Waals surface area contributed by atoms with Gasteiger partial charge < -0.3 is 10.4 Å². The molecule has 1 aromatic heterocycles. The number of unbranched alkanes of at least 4 members (excludes halogenated alkanes) is 3. The van der Waals surface area contributed by atoms with Crippen molar-refractivity contribution in [1.29, 1.82) is 0 Å². The van der Waals surface area contributed by atoms with Gasteiger partial charge in [-0.2, -0.15) is 0 Å². The summed E-state index contributed by atoms with van der Waals surface area (Å²) >= 11 is 0. The normalized spacial score (nSPS) is 16.5. The molecule has 0 saturated carbocycles. The number of likely N-dealkylation sites (tertiary alicyclic amines) is 1. The summed E-state index contributed by atoms with van der Waals surface area (Å²) in [6.45, 7) is 21.8. The standard InChI is InChI=1S/C21H32N2O2.C14H22N2.C2H6/c1-7-18(13(2)3)22-16(6)19-15(5)9-8-10-17(19)20(21(24)25)23-11-14(4)12-23;1-2-3-4-5-8-13-10-9-12-7-6-11-15-14(12)16-13;1-2/h8-10,13-14,18,20H,7,11-12H2,1-6H3,(H,24,25);9-10H,2-8,11H2,1H3,(H,15,16);1-2H3. The molecule has 6 nitrogen and oxygen atoms in total. The Morgan fingerprint density at radius 2 is 1.84 bits per heavy atom. The van der Waals surface area contributed by atoms with Crippen molar-refractivity contribution < 1.29 is 9.90 Å². The molecule has 3 heterocycles. The molecule has 240 valence electrons. The number of carboxylic acid groups (broad SMARTS) is 1. The third kappa shape index (κ3) is 10.7. The van der Waals surface area contributed by atoms with Gasteiger partial charge in [-0.15, -0.1) is 0 Å². The third-order valence-corrected chi connectivity index (χ3v) is 8.44. The molecule has 1 fully saturated rings. The van der Waals surface area contributed by atoms with Crippen LogP contribution in [0.15, 0.2) is 35.3 Å². The molecule has 0 radical (unpaired) electrons. The van der Waals surface area contributed by atoms with Gasteiger partial charge in [0.1, 0.15) is 11.9 Å². The van der Waals surface area contributed by atoms with E-state index in [0.717, 1.165) is 60.7 Å². The van der Waals surface area contributed by atoms with E-state index in [0.29, 0.717) is 11.8 Å². The molecule has 0 spiro atoms. The number of carboxylic acids is 1. The van der Waals surface area contributed by atoms with Gasteiger partial charge in [0.05, 0.1) is 6.04 Å². The van der Waals surface area contributed by atoms with E-state index < -0.39 is 12.0 Å². The van der Waals surface area contributed by atoms with Crippen molar-refractivity contribution in [1.82, 2.24) is 9.88 Å². The molecule has 4 rings (SSSR count). The van der Waals surface area contributed by atoms with Crippen LogP contribution in [0.4, 0.5) is 5.82 Å². The summed E-state index contributed by atoms with van der Waals surface area (Å²) in [7, 11) is 0. The highest BCUT2D eigenvalue weighted by Gasteiger charge is 2.36. The number of aromatic nitrogens is 1. The van der Waals surface area contributed by atoms with E-state index in [1.807, 2.05) is 45.9 Å². The van der Waals surface area contributed by atoms with Crippen molar-refractivity contribution in [3.05, 3.63) is 58.3 Å². The minimum absolute atomic E-state index is 0.264. The van der Waals surface area contributed by atoms with Crippen LogP contribution in [-0.4, -0.2) is 52.3 Å². The molecule has 6 heteroatoms. The van der Waals surface area contributed by atoms with E-state index in [1.54, 1.807) is 0 Å². The first-order valence-corrected chi connectivity index (χ1v) is 17.0. The van der Waals surface area contributed by atoms with Crippen LogP contribution in [0, 0.1) is 18.8 Å². The van der Waals surface area contributed by atoms with Crippen molar-refractivity contribution in [3.63, 3.8) is 0 Å². The van der Waals surface area contributed by atoms with Gasteiger partial charge in [0.15, 0.2) is 0 Å². The van der Waals surface area contributed by atoms with Crippen LogP contribution >= 0.6 is 0 Å². The molecule has 43 heavy (non-hydrogen) atoms. The number of aliphatic carboxylic acids is 1. The maximum absolute atomic E-state index is 12.0. The lowest BCUT2D eigenvalue weighted by molar-refractivity contribution is -0.146.